The lowest BCUT2D eigenvalue weighted by molar-refractivity contribution is -0.165. The number of halogens is 2. The van der Waals surface area contributed by atoms with Gasteiger partial charge in [0.15, 0.2) is 0 Å². The molecule has 1 aromatic carbocycles. The van der Waals surface area contributed by atoms with Gasteiger partial charge in [-0.1, -0.05) is 12.1 Å². The van der Waals surface area contributed by atoms with Crippen molar-refractivity contribution in [2.24, 2.45) is 5.92 Å². The molecule has 3 rings (SSSR count). The van der Waals surface area contributed by atoms with Crippen LogP contribution in [0.5, 0.6) is 0 Å². The average Bonchev–Trinajstić information content (AvgIpc) is 2.59. The minimum absolute atomic E-state index is 0.377. The Morgan fingerprint density at radius 1 is 1.30 bits per heavy atom. The maximum atomic E-state index is 12.8. The van der Waals surface area contributed by atoms with Crippen LogP contribution in [0.1, 0.15) is 18.4 Å². The summed E-state index contributed by atoms with van der Waals surface area (Å²) in [6, 6.07) is 7.34. The fourth-order valence-corrected chi connectivity index (χ4v) is 2.30. The predicted octanol–water partition coefficient (Wildman–Crippen LogP) is 3.56. The summed E-state index contributed by atoms with van der Waals surface area (Å²) in [7, 11) is 0. The molecule has 1 aliphatic heterocycles. The Bertz CT molecular complexity index is 600. The van der Waals surface area contributed by atoms with Crippen LogP contribution < -0.4 is 5.32 Å². The fourth-order valence-electron chi connectivity index (χ4n) is 2.30. The van der Waals surface area contributed by atoms with Crippen LogP contribution in [0.2, 0.25) is 0 Å². The van der Waals surface area contributed by atoms with Gasteiger partial charge >= 0.3 is 5.97 Å². The van der Waals surface area contributed by atoms with Gasteiger partial charge in [-0.3, -0.25) is 4.79 Å². The molecule has 0 aromatic heterocycles. The third-order valence-electron chi connectivity index (χ3n) is 3.41. The van der Waals surface area contributed by atoms with Crippen LogP contribution in [0.25, 0.3) is 5.76 Å². The molecule has 3 nitrogen and oxygen atoms in total. The number of fused-ring (bicyclic) bond motifs is 1. The summed E-state index contributed by atoms with van der Waals surface area (Å²) in [6.07, 6.45) is 4.23. The van der Waals surface area contributed by atoms with Gasteiger partial charge in [0.1, 0.15) is 5.76 Å². The van der Waals surface area contributed by atoms with E-state index in [9.17, 15) is 13.6 Å². The molecule has 0 atom stereocenters. The molecule has 20 heavy (non-hydrogen) atoms. The second-order valence-electron chi connectivity index (χ2n) is 4.96. The zero-order chi connectivity index (χ0) is 14.2. The Balaban J connectivity index is 1.76. The van der Waals surface area contributed by atoms with Gasteiger partial charge in [0, 0.05) is 30.3 Å². The monoisotopic (exact) mass is 277 g/mol. The largest absolute Gasteiger partial charge is 0.426 e. The van der Waals surface area contributed by atoms with E-state index in [1.54, 1.807) is 18.4 Å². The number of carbonyl (C=O) groups is 1. The van der Waals surface area contributed by atoms with Crippen LogP contribution in [0, 0.1) is 5.92 Å². The van der Waals surface area contributed by atoms with Gasteiger partial charge in [-0.2, -0.15) is 0 Å². The number of ether oxygens (including phenoxy) is 1. The summed E-state index contributed by atoms with van der Waals surface area (Å²) >= 11 is 0. The third kappa shape index (κ3) is 2.43. The van der Waals surface area contributed by atoms with Crippen molar-refractivity contribution < 1.29 is 18.3 Å². The van der Waals surface area contributed by atoms with Crippen molar-refractivity contribution in [1.82, 2.24) is 0 Å². The Hall–Kier alpha value is -2.17. The summed E-state index contributed by atoms with van der Waals surface area (Å²) in [6.45, 7) is 0. The van der Waals surface area contributed by atoms with Crippen LogP contribution in [0.3, 0.4) is 0 Å². The van der Waals surface area contributed by atoms with E-state index in [0.29, 0.717) is 5.76 Å². The highest BCUT2D eigenvalue weighted by atomic mass is 19.3. The molecular weight excluding hydrogens is 264 g/mol. The molecule has 0 bridgehead atoms. The molecule has 0 amide bonds. The molecule has 1 saturated carbocycles. The molecular formula is C15H13F2NO2. The maximum absolute atomic E-state index is 12.8. The van der Waals surface area contributed by atoms with E-state index in [1.807, 2.05) is 24.3 Å². The summed E-state index contributed by atoms with van der Waals surface area (Å²) in [4.78, 5) is 11.9. The van der Waals surface area contributed by atoms with Gasteiger partial charge in [0.25, 0.3) is 0 Å². The van der Waals surface area contributed by atoms with Crippen molar-refractivity contribution in [1.29, 1.82) is 0 Å². The second-order valence-corrected chi connectivity index (χ2v) is 4.96. The predicted molar refractivity (Wildman–Crippen MR) is 70.9 cm³/mol. The summed E-state index contributed by atoms with van der Waals surface area (Å²) in [5.74, 6) is -3.64. The number of carbonyl (C=O) groups excluding carboxylic acids is 1. The molecule has 104 valence electrons. The third-order valence-corrected chi connectivity index (χ3v) is 3.41. The van der Waals surface area contributed by atoms with Gasteiger partial charge in [-0.05, 0) is 24.3 Å². The van der Waals surface area contributed by atoms with Gasteiger partial charge in [-0.15, -0.1) is 0 Å². The average molecular weight is 277 g/mol. The number of rotatable bonds is 2. The normalized spacial score (nSPS) is 20.0. The van der Waals surface area contributed by atoms with Crippen LogP contribution in [-0.4, -0.2) is 11.9 Å². The van der Waals surface area contributed by atoms with E-state index in [-0.39, 0.29) is 0 Å². The van der Waals surface area contributed by atoms with Crippen molar-refractivity contribution in [3.63, 3.8) is 0 Å². The minimum atomic E-state index is -2.72. The number of para-hydroxylation sites is 1. The van der Waals surface area contributed by atoms with Gasteiger partial charge in [0.2, 0.25) is 5.92 Å². The number of allylic oxidation sites excluding steroid dienone is 2. The topological polar surface area (TPSA) is 38.3 Å². The Morgan fingerprint density at radius 2 is 2.05 bits per heavy atom. The number of nitrogens with one attached hydrogen (secondary N) is 1. The number of esters is 1. The molecule has 1 N–H and O–H groups in total. The molecule has 1 fully saturated rings. The van der Waals surface area contributed by atoms with E-state index in [1.165, 1.54) is 0 Å². The van der Waals surface area contributed by atoms with Crippen molar-refractivity contribution in [2.75, 3.05) is 5.32 Å². The first-order chi connectivity index (χ1) is 9.55. The lowest BCUT2D eigenvalue weighted by Crippen LogP contribution is -2.40. The first kappa shape index (κ1) is 12.8. The van der Waals surface area contributed by atoms with E-state index in [4.69, 9.17) is 4.74 Å². The van der Waals surface area contributed by atoms with Crippen molar-refractivity contribution in [3.05, 3.63) is 48.2 Å². The van der Waals surface area contributed by atoms with Crippen molar-refractivity contribution in [3.8, 4) is 0 Å². The van der Waals surface area contributed by atoms with Crippen molar-refractivity contribution in [2.45, 2.75) is 18.8 Å². The van der Waals surface area contributed by atoms with Gasteiger partial charge in [0.05, 0.1) is 5.92 Å². The quantitative estimate of drug-likeness (QED) is 0.840. The van der Waals surface area contributed by atoms with E-state index < -0.39 is 30.7 Å². The molecule has 2 aliphatic rings. The Kier molecular flexibility index (Phi) is 3.04. The number of alkyl halides is 2. The summed E-state index contributed by atoms with van der Waals surface area (Å²) < 4.78 is 30.9. The number of hydrogen-bond donors (Lipinski definition) is 1. The van der Waals surface area contributed by atoms with Gasteiger partial charge in [-0.25, -0.2) is 8.78 Å². The molecule has 1 aliphatic carbocycles. The first-order valence-corrected chi connectivity index (χ1v) is 6.37. The SMILES string of the molecule is O=C(OC1=CC=CNc2ccccc21)C1CC(F)(F)C1. The van der Waals surface area contributed by atoms with Crippen molar-refractivity contribution >= 4 is 17.4 Å². The van der Waals surface area contributed by atoms with Crippen LogP contribution in [0.15, 0.2) is 42.6 Å². The summed E-state index contributed by atoms with van der Waals surface area (Å²) in [5.41, 5.74) is 1.54. The molecule has 1 aromatic rings. The molecule has 0 radical (unpaired) electrons. The highest BCUT2D eigenvalue weighted by molar-refractivity contribution is 5.85. The molecule has 0 unspecified atom stereocenters. The van der Waals surface area contributed by atoms with Gasteiger partial charge < -0.3 is 10.1 Å². The summed E-state index contributed by atoms with van der Waals surface area (Å²) in [5, 5.41) is 3.05. The van der Waals surface area contributed by atoms with Crippen LogP contribution >= 0.6 is 0 Å². The molecule has 0 saturated heterocycles. The zero-order valence-corrected chi connectivity index (χ0v) is 10.6. The second kappa shape index (κ2) is 4.74. The highest BCUT2D eigenvalue weighted by Gasteiger charge is 2.49. The highest BCUT2D eigenvalue weighted by Crippen LogP contribution is 2.43. The smallest absolute Gasteiger partial charge is 0.314 e. The number of benzene rings is 1. The first-order valence-electron chi connectivity index (χ1n) is 6.37. The minimum Gasteiger partial charge on any atom is -0.426 e. The van der Waals surface area contributed by atoms with E-state index >= 15 is 0 Å². The van der Waals surface area contributed by atoms with Crippen LogP contribution in [-0.2, 0) is 9.53 Å². The molecule has 0 spiro atoms. The maximum Gasteiger partial charge on any atom is 0.314 e. The Morgan fingerprint density at radius 3 is 2.80 bits per heavy atom. The molecule has 1 heterocycles. The number of hydrogen-bond acceptors (Lipinski definition) is 3. The number of anilines is 1. The van der Waals surface area contributed by atoms with Crippen LogP contribution in [0.4, 0.5) is 14.5 Å². The lowest BCUT2D eigenvalue weighted by atomic mass is 9.81. The lowest BCUT2D eigenvalue weighted by Gasteiger charge is -2.33. The standard InChI is InChI=1S/C15H13F2NO2/c16-15(17)8-10(9-15)14(19)20-13-6-3-7-18-12-5-2-1-4-11(12)13/h1-7,10,18H,8-9H2. The van der Waals surface area contributed by atoms with E-state index in [0.717, 1.165) is 11.3 Å². The zero-order valence-electron chi connectivity index (χ0n) is 10.6. The Labute approximate surface area is 114 Å². The fraction of sp³-hybridized carbons (Fsp3) is 0.267. The molecule has 5 heteroatoms. The van der Waals surface area contributed by atoms with E-state index in [2.05, 4.69) is 5.32 Å².